The number of nitrogens with zero attached hydrogens (tertiary/aromatic N) is 2. The SMILES string of the molecule is O=C1c2cccc3cccc(c23)C(=O)N1c1ccc(N=Cc2c(O)ccc3ccccc23)cc1. The number of hydrogen-bond donors (Lipinski definition) is 1. The molecule has 162 valence electrons. The minimum absolute atomic E-state index is 0.149. The van der Waals surface area contributed by atoms with E-state index < -0.39 is 0 Å². The van der Waals surface area contributed by atoms with Gasteiger partial charge in [0.2, 0.25) is 0 Å². The molecule has 5 heteroatoms. The molecule has 0 bridgehead atoms. The highest BCUT2D eigenvalue weighted by Gasteiger charge is 2.33. The summed E-state index contributed by atoms with van der Waals surface area (Å²) in [5, 5.41) is 13.8. The third kappa shape index (κ3) is 3.06. The van der Waals surface area contributed by atoms with Crippen molar-refractivity contribution in [2.24, 2.45) is 4.99 Å². The maximum atomic E-state index is 13.2. The van der Waals surface area contributed by atoms with Crippen LogP contribution in [-0.2, 0) is 0 Å². The lowest BCUT2D eigenvalue weighted by atomic mass is 9.94. The standard InChI is InChI=1S/C29H18N2O3/c32-26-16-11-18-5-1-2-8-22(18)25(26)17-30-20-12-14-21(15-13-20)31-28(33)23-9-3-6-19-7-4-10-24(27(19)23)29(31)34/h1-17,32H. The molecule has 0 aromatic heterocycles. The van der Waals surface area contributed by atoms with Crippen LogP contribution in [0.15, 0.2) is 102 Å². The average Bonchev–Trinajstić information content (AvgIpc) is 2.87. The predicted molar refractivity (Wildman–Crippen MR) is 134 cm³/mol. The third-order valence-electron chi connectivity index (χ3n) is 6.17. The van der Waals surface area contributed by atoms with Gasteiger partial charge in [0.1, 0.15) is 5.75 Å². The topological polar surface area (TPSA) is 70.0 Å². The fraction of sp³-hybridized carbons (Fsp3) is 0. The van der Waals surface area contributed by atoms with Gasteiger partial charge in [-0.05, 0) is 58.6 Å². The molecule has 0 fully saturated rings. The molecule has 0 radical (unpaired) electrons. The van der Waals surface area contributed by atoms with Crippen LogP contribution < -0.4 is 4.90 Å². The van der Waals surface area contributed by atoms with Crippen molar-refractivity contribution in [3.63, 3.8) is 0 Å². The van der Waals surface area contributed by atoms with Crippen LogP contribution >= 0.6 is 0 Å². The zero-order valence-corrected chi connectivity index (χ0v) is 18.0. The Hall–Kier alpha value is -4.77. The molecular weight excluding hydrogens is 424 g/mol. The van der Waals surface area contributed by atoms with Gasteiger partial charge >= 0.3 is 0 Å². The normalized spacial score (nSPS) is 13.4. The highest BCUT2D eigenvalue weighted by molar-refractivity contribution is 6.35. The average molecular weight is 442 g/mol. The molecule has 1 aliphatic heterocycles. The van der Waals surface area contributed by atoms with Crippen LogP contribution in [0.25, 0.3) is 21.5 Å². The Labute approximate surface area is 195 Å². The highest BCUT2D eigenvalue weighted by atomic mass is 16.3. The Morgan fingerprint density at radius 2 is 1.32 bits per heavy atom. The fourth-order valence-electron chi connectivity index (χ4n) is 4.51. The van der Waals surface area contributed by atoms with Gasteiger partial charge in [-0.2, -0.15) is 0 Å². The van der Waals surface area contributed by atoms with Gasteiger partial charge in [0.15, 0.2) is 0 Å². The first kappa shape index (κ1) is 19.9. The number of carbonyl (C=O) groups excluding carboxylic acids is 2. The van der Waals surface area contributed by atoms with E-state index in [4.69, 9.17) is 0 Å². The minimum atomic E-state index is -0.341. The molecule has 0 spiro atoms. The van der Waals surface area contributed by atoms with Crippen LogP contribution in [0.3, 0.4) is 0 Å². The zero-order chi connectivity index (χ0) is 23.2. The lowest BCUT2D eigenvalue weighted by molar-refractivity contribution is 0.0893. The number of aromatic hydroxyl groups is 1. The van der Waals surface area contributed by atoms with E-state index in [1.807, 2.05) is 54.6 Å². The van der Waals surface area contributed by atoms with Crippen LogP contribution in [0.4, 0.5) is 11.4 Å². The Balaban J connectivity index is 1.34. The maximum Gasteiger partial charge on any atom is 0.265 e. The van der Waals surface area contributed by atoms with Gasteiger partial charge < -0.3 is 5.11 Å². The smallest absolute Gasteiger partial charge is 0.265 e. The van der Waals surface area contributed by atoms with Gasteiger partial charge in [-0.15, -0.1) is 0 Å². The number of hydrogen-bond acceptors (Lipinski definition) is 4. The number of phenols is 1. The number of imide groups is 1. The number of fused-ring (bicyclic) bond motifs is 1. The van der Waals surface area contributed by atoms with Crippen molar-refractivity contribution in [2.75, 3.05) is 4.90 Å². The summed E-state index contributed by atoms with van der Waals surface area (Å²) in [6, 6.07) is 29.2. The van der Waals surface area contributed by atoms with Gasteiger partial charge in [0.05, 0.1) is 11.4 Å². The van der Waals surface area contributed by atoms with E-state index in [1.54, 1.807) is 48.7 Å². The van der Waals surface area contributed by atoms with Gasteiger partial charge in [-0.1, -0.05) is 54.6 Å². The second kappa shape index (κ2) is 7.67. The molecule has 5 nitrogen and oxygen atoms in total. The van der Waals surface area contributed by atoms with E-state index in [1.165, 1.54) is 4.90 Å². The number of benzene rings is 5. The van der Waals surface area contributed by atoms with E-state index in [9.17, 15) is 14.7 Å². The van der Waals surface area contributed by atoms with Crippen molar-refractivity contribution in [1.29, 1.82) is 0 Å². The molecule has 0 aliphatic carbocycles. The molecule has 1 aliphatic rings. The Bertz CT molecular complexity index is 1600. The van der Waals surface area contributed by atoms with Crippen LogP contribution in [0, 0.1) is 0 Å². The van der Waals surface area contributed by atoms with Gasteiger partial charge in [0.25, 0.3) is 11.8 Å². The van der Waals surface area contributed by atoms with E-state index in [0.29, 0.717) is 33.5 Å². The quantitative estimate of drug-likeness (QED) is 0.265. The number of amides is 2. The predicted octanol–water partition coefficient (Wildman–Crippen LogP) is 6.25. The van der Waals surface area contributed by atoms with Crippen molar-refractivity contribution in [2.45, 2.75) is 0 Å². The van der Waals surface area contributed by atoms with Crippen LogP contribution in [-0.4, -0.2) is 23.1 Å². The third-order valence-corrected chi connectivity index (χ3v) is 6.17. The van der Waals surface area contributed by atoms with E-state index in [0.717, 1.165) is 16.2 Å². The molecule has 6 rings (SSSR count). The Morgan fingerprint density at radius 1 is 0.676 bits per heavy atom. The molecule has 5 aromatic carbocycles. The second-order valence-electron chi connectivity index (χ2n) is 8.15. The second-order valence-corrected chi connectivity index (χ2v) is 8.15. The first-order valence-corrected chi connectivity index (χ1v) is 10.9. The minimum Gasteiger partial charge on any atom is -0.507 e. The summed E-state index contributed by atoms with van der Waals surface area (Å²) >= 11 is 0. The first-order chi connectivity index (χ1) is 16.6. The van der Waals surface area contributed by atoms with Crippen LogP contribution in [0.1, 0.15) is 26.3 Å². The lowest BCUT2D eigenvalue weighted by Crippen LogP contribution is -2.40. The lowest BCUT2D eigenvalue weighted by Gasteiger charge is -2.27. The van der Waals surface area contributed by atoms with Gasteiger partial charge in [0, 0.05) is 28.3 Å². The number of aliphatic imine (C=N–C) groups is 1. The monoisotopic (exact) mass is 442 g/mol. The van der Waals surface area contributed by atoms with Crippen molar-refractivity contribution < 1.29 is 14.7 Å². The van der Waals surface area contributed by atoms with Crippen LogP contribution in [0.2, 0.25) is 0 Å². The van der Waals surface area contributed by atoms with E-state index in [-0.39, 0.29) is 17.6 Å². The Morgan fingerprint density at radius 3 is 2.03 bits per heavy atom. The summed E-state index contributed by atoms with van der Waals surface area (Å²) in [6.07, 6.45) is 1.63. The Kier molecular flexibility index (Phi) is 4.49. The summed E-state index contributed by atoms with van der Waals surface area (Å²) in [5.41, 5.74) is 2.78. The van der Waals surface area contributed by atoms with Gasteiger partial charge in [-0.3, -0.25) is 14.6 Å². The molecule has 34 heavy (non-hydrogen) atoms. The zero-order valence-electron chi connectivity index (χ0n) is 18.0. The summed E-state index contributed by atoms with van der Waals surface area (Å²) in [6.45, 7) is 0. The number of anilines is 1. The summed E-state index contributed by atoms with van der Waals surface area (Å²) in [4.78, 5) is 32.2. The fourth-order valence-corrected chi connectivity index (χ4v) is 4.51. The number of phenolic OH excluding ortho intramolecular Hbond substituents is 1. The van der Waals surface area contributed by atoms with E-state index >= 15 is 0 Å². The largest absolute Gasteiger partial charge is 0.507 e. The van der Waals surface area contributed by atoms with Crippen molar-refractivity contribution in [1.82, 2.24) is 0 Å². The summed E-state index contributed by atoms with van der Waals surface area (Å²) in [7, 11) is 0. The summed E-state index contributed by atoms with van der Waals surface area (Å²) < 4.78 is 0. The van der Waals surface area contributed by atoms with E-state index in [2.05, 4.69) is 4.99 Å². The molecule has 5 aromatic rings. The number of carbonyl (C=O) groups is 2. The molecule has 0 unspecified atom stereocenters. The van der Waals surface area contributed by atoms with Crippen molar-refractivity contribution in [3.05, 3.63) is 114 Å². The highest BCUT2D eigenvalue weighted by Crippen LogP contribution is 2.33. The number of rotatable bonds is 3. The molecule has 1 N–H and O–H groups in total. The first-order valence-electron chi connectivity index (χ1n) is 10.9. The van der Waals surface area contributed by atoms with Crippen molar-refractivity contribution >= 4 is 50.9 Å². The molecular formula is C29H18N2O3. The van der Waals surface area contributed by atoms with Gasteiger partial charge in [-0.25, -0.2) is 4.90 Å². The molecule has 0 atom stereocenters. The van der Waals surface area contributed by atoms with Crippen molar-refractivity contribution in [3.8, 4) is 5.75 Å². The molecule has 2 amide bonds. The molecule has 0 saturated carbocycles. The molecule has 1 heterocycles. The summed E-state index contributed by atoms with van der Waals surface area (Å²) in [5.74, 6) is -0.533. The molecule has 0 saturated heterocycles. The maximum absolute atomic E-state index is 13.2. The van der Waals surface area contributed by atoms with Crippen LogP contribution in [0.5, 0.6) is 5.75 Å².